The number of aromatic hydroxyl groups is 2. The Kier molecular flexibility index (Phi) is 5.18. The molecule has 1 rings (SSSR count). The summed E-state index contributed by atoms with van der Waals surface area (Å²) in [5.41, 5.74) is 0.404. The van der Waals surface area contributed by atoms with Crippen LogP contribution < -0.4 is 5.32 Å². The van der Waals surface area contributed by atoms with E-state index in [0.29, 0.717) is 12.1 Å². The number of rotatable bonds is 5. The molecule has 0 aromatic heterocycles. The van der Waals surface area contributed by atoms with Crippen LogP contribution in [-0.2, 0) is 4.79 Å². The van der Waals surface area contributed by atoms with Crippen LogP contribution in [0.25, 0.3) is 0 Å². The van der Waals surface area contributed by atoms with E-state index in [1.807, 2.05) is 6.92 Å². The maximum atomic E-state index is 11.9. The van der Waals surface area contributed by atoms with E-state index in [0.717, 1.165) is 0 Å². The third-order valence-electron chi connectivity index (χ3n) is 3.21. The second-order valence-corrected chi connectivity index (χ2v) is 4.67. The molecule has 5 nitrogen and oxygen atoms in total. The summed E-state index contributed by atoms with van der Waals surface area (Å²) in [4.78, 5) is 13.6. The van der Waals surface area contributed by atoms with E-state index in [1.165, 1.54) is 12.1 Å². The highest BCUT2D eigenvalue weighted by atomic mass is 16.3. The number of nitrogens with one attached hydrogen (secondary N) is 1. The Morgan fingerprint density at radius 1 is 1.32 bits per heavy atom. The molecule has 0 heterocycles. The van der Waals surface area contributed by atoms with Crippen molar-refractivity contribution in [2.75, 3.05) is 13.6 Å². The molecule has 19 heavy (non-hydrogen) atoms. The highest BCUT2D eigenvalue weighted by Gasteiger charge is 2.21. The smallest absolute Gasteiger partial charge is 0.239 e. The third-order valence-corrected chi connectivity index (χ3v) is 3.21. The Balaban J connectivity index is 2.80. The van der Waals surface area contributed by atoms with E-state index in [4.69, 9.17) is 0 Å². The van der Waals surface area contributed by atoms with Crippen LogP contribution in [0.3, 0.4) is 0 Å². The largest absolute Gasteiger partial charge is 0.507 e. The summed E-state index contributed by atoms with van der Waals surface area (Å²) in [5, 5.41) is 22.6. The normalized spacial score (nSPS) is 13.9. The van der Waals surface area contributed by atoms with Crippen LogP contribution in [0.2, 0.25) is 0 Å². The lowest BCUT2D eigenvalue weighted by atomic mass is 10.0. The predicted molar refractivity (Wildman–Crippen MR) is 74.1 cm³/mol. The topological polar surface area (TPSA) is 72.8 Å². The van der Waals surface area contributed by atoms with Gasteiger partial charge in [-0.1, -0.05) is 6.07 Å². The molecule has 1 aromatic carbocycles. The molecule has 0 fully saturated rings. The Bertz CT molecular complexity index is 428. The summed E-state index contributed by atoms with van der Waals surface area (Å²) >= 11 is 0. The Morgan fingerprint density at radius 3 is 2.32 bits per heavy atom. The first-order valence-electron chi connectivity index (χ1n) is 6.40. The molecular formula is C14H22N2O3. The quantitative estimate of drug-likeness (QED) is 0.757. The van der Waals surface area contributed by atoms with E-state index in [9.17, 15) is 15.0 Å². The Hall–Kier alpha value is -1.75. The predicted octanol–water partition coefficient (Wildman–Crippen LogP) is 1.62. The number of phenolic OH excluding ortho intramolecular Hbond substituents is 2. The van der Waals surface area contributed by atoms with Crippen molar-refractivity contribution in [3.8, 4) is 11.5 Å². The molecule has 0 saturated heterocycles. The molecule has 0 bridgehead atoms. The summed E-state index contributed by atoms with van der Waals surface area (Å²) in [6.07, 6.45) is 0. The van der Waals surface area contributed by atoms with Gasteiger partial charge in [-0.25, -0.2) is 0 Å². The zero-order chi connectivity index (χ0) is 14.6. The third kappa shape index (κ3) is 3.61. The first kappa shape index (κ1) is 15.3. The van der Waals surface area contributed by atoms with Crippen molar-refractivity contribution in [3.63, 3.8) is 0 Å². The van der Waals surface area contributed by atoms with Crippen LogP contribution in [-0.4, -0.2) is 40.7 Å². The molecular weight excluding hydrogens is 244 g/mol. The number of hydrogen-bond acceptors (Lipinski definition) is 4. The first-order chi connectivity index (χ1) is 8.88. The number of nitrogens with zero attached hydrogens (tertiary/aromatic N) is 1. The highest BCUT2D eigenvalue weighted by Crippen LogP contribution is 2.32. The number of phenols is 2. The lowest BCUT2D eigenvalue weighted by Crippen LogP contribution is -2.43. The first-order valence-corrected chi connectivity index (χ1v) is 6.40. The monoisotopic (exact) mass is 266 g/mol. The molecule has 2 unspecified atom stereocenters. The SMILES string of the molecule is CCN(C)C(=O)C(C)NC(C)c1c(O)cccc1O. The average molecular weight is 266 g/mol. The molecule has 3 N–H and O–H groups in total. The van der Waals surface area contributed by atoms with Gasteiger partial charge in [-0.2, -0.15) is 0 Å². The number of carbonyl (C=O) groups excluding carboxylic acids is 1. The Labute approximate surface area is 113 Å². The molecule has 106 valence electrons. The van der Waals surface area contributed by atoms with Gasteiger partial charge in [0.05, 0.1) is 11.6 Å². The van der Waals surface area contributed by atoms with Gasteiger partial charge >= 0.3 is 0 Å². The summed E-state index contributed by atoms with van der Waals surface area (Å²) in [5.74, 6) is 0.0104. The van der Waals surface area contributed by atoms with Crippen LogP contribution in [0.4, 0.5) is 0 Å². The van der Waals surface area contributed by atoms with E-state index in [-0.39, 0.29) is 29.5 Å². The van der Waals surface area contributed by atoms with Gasteiger partial charge in [-0.15, -0.1) is 0 Å². The standard InChI is InChI=1S/C14H22N2O3/c1-5-16(4)14(19)10(3)15-9(2)13-11(17)7-6-8-12(13)18/h6-10,15,17-18H,5H2,1-4H3. The minimum absolute atomic E-state index is 0.0171. The molecule has 0 spiro atoms. The van der Waals surface area contributed by atoms with Crippen LogP contribution in [0.1, 0.15) is 32.4 Å². The van der Waals surface area contributed by atoms with Gasteiger partial charge in [-0.3, -0.25) is 10.1 Å². The lowest BCUT2D eigenvalue weighted by Gasteiger charge is -2.24. The summed E-state index contributed by atoms with van der Waals surface area (Å²) < 4.78 is 0. The van der Waals surface area contributed by atoms with Gasteiger partial charge in [0.2, 0.25) is 5.91 Å². The van der Waals surface area contributed by atoms with Gasteiger partial charge < -0.3 is 15.1 Å². The van der Waals surface area contributed by atoms with Gasteiger partial charge in [0.25, 0.3) is 0 Å². The summed E-state index contributed by atoms with van der Waals surface area (Å²) in [7, 11) is 1.74. The number of likely N-dealkylation sites (N-methyl/N-ethyl adjacent to an activating group) is 1. The molecule has 0 aliphatic rings. The molecule has 0 aliphatic heterocycles. The van der Waals surface area contributed by atoms with Crippen molar-refractivity contribution in [1.82, 2.24) is 10.2 Å². The van der Waals surface area contributed by atoms with Crippen LogP contribution in [0, 0.1) is 0 Å². The lowest BCUT2D eigenvalue weighted by molar-refractivity contribution is -0.131. The summed E-state index contributed by atoms with van der Waals surface area (Å²) in [6, 6.07) is 3.88. The van der Waals surface area contributed by atoms with Crippen LogP contribution in [0.15, 0.2) is 18.2 Å². The molecule has 1 aromatic rings. The number of benzene rings is 1. The van der Waals surface area contributed by atoms with Gasteiger partial charge in [0, 0.05) is 19.6 Å². The zero-order valence-electron chi connectivity index (χ0n) is 11.8. The molecule has 2 atom stereocenters. The van der Waals surface area contributed by atoms with E-state index < -0.39 is 0 Å². The minimum atomic E-state index is -0.390. The van der Waals surface area contributed by atoms with E-state index in [1.54, 1.807) is 31.9 Å². The highest BCUT2D eigenvalue weighted by molar-refractivity contribution is 5.81. The maximum absolute atomic E-state index is 11.9. The molecule has 5 heteroatoms. The number of amides is 1. The minimum Gasteiger partial charge on any atom is -0.507 e. The fraction of sp³-hybridized carbons (Fsp3) is 0.500. The number of hydrogen-bond donors (Lipinski definition) is 3. The molecule has 0 radical (unpaired) electrons. The van der Waals surface area contributed by atoms with Gasteiger partial charge in [0.1, 0.15) is 11.5 Å². The van der Waals surface area contributed by atoms with Crippen LogP contribution in [0.5, 0.6) is 11.5 Å². The molecule has 0 aliphatic carbocycles. The second-order valence-electron chi connectivity index (χ2n) is 4.67. The van der Waals surface area contributed by atoms with E-state index in [2.05, 4.69) is 5.32 Å². The summed E-state index contributed by atoms with van der Waals surface area (Å²) in [6.45, 7) is 6.11. The zero-order valence-corrected chi connectivity index (χ0v) is 11.8. The van der Waals surface area contributed by atoms with Crippen LogP contribution >= 0.6 is 0 Å². The fourth-order valence-corrected chi connectivity index (χ4v) is 2.00. The molecule has 0 saturated carbocycles. The van der Waals surface area contributed by atoms with Crippen molar-refractivity contribution in [3.05, 3.63) is 23.8 Å². The van der Waals surface area contributed by atoms with Crippen molar-refractivity contribution < 1.29 is 15.0 Å². The average Bonchev–Trinajstić information content (AvgIpc) is 2.36. The van der Waals surface area contributed by atoms with Crippen molar-refractivity contribution >= 4 is 5.91 Å². The fourth-order valence-electron chi connectivity index (χ4n) is 2.00. The maximum Gasteiger partial charge on any atom is 0.239 e. The van der Waals surface area contributed by atoms with Crippen molar-refractivity contribution in [2.24, 2.45) is 0 Å². The van der Waals surface area contributed by atoms with E-state index >= 15 is 0 Å². The van der Waals surface area contributed by atoms with Gasteiger partial charge in [0.15, 0.2) is 0 Å². The second kappa shape index (κ2) is 6.43. The van der Waals surface area contributed by atoms with Crippen molar-refractivity contribution in [2.45, 2.75) is 32.9 Å². The van der Waals surface area contributed by atoms with Gasteiger partial charge in [-0.05, 0) is 32.9 Å². The molecule has 1 amide bonds. The number of carbonyl (C=O) groups is 1. The Morgan fingerprint density at radius 2 is 1.84 bits per heavy atom. The van der Waals surface area contributed by atoms with Crippen molar-refractivity contribution in [1.29, 1.82) is 0 Å².